The Morgan fingerprint density at radius 1 is 1.10 bits per heavy atom. The first-order valence-electron chi connectivity index (χ1n) is 9.32. The molecule has 0 aliphatic heterocycles. The van der Waals surface area contributed by atoms with Crippen LogP contribution in [-0.2, 0) is 20.9 Å². The second-order valence-electron chi connectivity index (χ2n) is 7.65. The smallest absolute Gasteiger partial charge is 0.408 e. The summed E-state index contributed by atoms with van der Waals surface area (Å²) in [5.41, 5.74) is 2.04. The first-order chi connectivity index (χ1) is 13.6. The summed E-state index contributed by atoms with van der Waals surface area (Å²) < 4.78 is 12.1. The van der Waals surface area contributed by atoms with Crippen LogP contribution in [0.15, 0.2) is 48.5 Å². The molecule has 7 heteroatoms. The summed E-state index contributed by atoms with van der Waals surface area (Å²) in [4.78, 5) is 25.0. The van der Waals surface area contributed by atoms with Crippen LogP contribution in [-0.4, -0.2) is 30.3 Å². The highest BCUT2D eigenvalue weighted by atomic mass is 127. The van der Waals surface area contributed by atoms with Crippen LogP contribution < -0.4 is 10.6 Å². The minimum absolute atomic E-state index is 0.0172. The van der Waals surface area contributed by atoms with Crippen LogP contribution in [0.2, 0.25) is 0 Å². The predicted octanol–water partition coefficient (Wildman–Crippen LogP) is 4.65. The second kappa shape index (κ2) is 10.6. The highest BCUT2D eigenvalue weighted by molar-refractivity contribution is 14.1. The van der Waals surface area contributed by atoms with E-state index in [1.165, 1.54) is 0 Å². The molecule has 0 bridgehead atoms. The van der Waals surface area contributed by atoms with Gasteiger partial charge in [0.2, 0.25) is 5.91 Å². The monoisotopic (exact) mass is 510 g/mol. The number of hydrogen-bond acceptors (Lipinski definition) is 4. The molecule has 0 saturated heterocycles. The largest absolute Gasteiger partial charge is 0.444 e. The molecule has 2 aromatic rings. The minimum Gasteiger partial charge on any atom is -0.444 e. The maximum absolute atomic E-state index is 12.8. The first kappa shape index (κ1) is 23.2. The number of carbonyl (C=O) groups excluding carboxylic acids is 2. The van der Waals surface area contributed by atoms with Crippen molar-refractivity contribution in [3.8, 4) is 0 Å². The summed E-state index contributed by atoms with van der Waals surface area (Å²) >= 11 is 2.23. The number of halogens is 1. The standard InChI is InChI=1S/C22H27IN2O4/c1-15-12-17(10-11-18(15)23)24-20(26)19(25-21(27)29-22(2,3)4)14-28-13-16-8-6-5-7-9-16/h5-12,19H,13-14H2,1-4H3,(H,24,26)(H,25,27)/t19-/m0/s1. The van der Waals surface area contributed by atoms with E-state index < -0.39 is 17.7 Å². The van der Waals surface area contributed by atoms with E-state index in [2.05, 4.69) is 33.2 Å². The lowest BCUT2D eigenvalue weighted by Crippen LogP contribution is -2.48. The Hall–Kier alpha value is -2.13. The Kier molecular flexibility index (Phi) is 8.45. The van der Waals surface area contributed by atoms with Gasteiger partial charge in [0.1, 0.15) is 11.6 Å². The normalized spacial score (nSPS) is 12.2. The van der Waals surface area contributed by atoms with E-state index in [4.69, 9.17) is 9.47 Å². The van der Waals surface area contributed by atoms with Crippen LogP contribution >= 0.6 is 22.6 Å². The molecule has 0 aliphatic rings. The lowest BCUT2D eigenvalue weighted by molar-refractivity contribution is -0.119. The molecule has 1 atom stereocenters. The van der Waals surface area contributed by atoms with Gasteiger partial charge in [-0.25, -0.2) is 4.79 Å². The zero-order chi connectivity index (χ0) is 21.4. The fourth-order valence-electron chi connectivity index (χ4n) is 2.45. The van der Waals surface area contributed by atoms with E-state index in [0.29, 0.717) is 12.3 Å². The summed E-state index contributed by atoms with van der Waals surface area (Å²) in [6.07, 6.45) is -0.667. The molecule has 29 heavy (non-hydrogen) atoms. The molecule has 6 nitrogen and oxygen atoms in total. The fraction of sp³-hybridized carbons (Fsp3) is 0.364. The third-order valence-electron chi connectivity index (χ3n) is 3.83. The molecule has 0 spiro atoms. The number of carbonyl (C=O) groups is 2. The molecule has 2 rings (SSSR count). The summed E-state index contributed by atoms with van der Waals surface area (Å²) in [7, 11) is 0. The van der Waals surface area contributed by atoms with Crippen molar-refractivity contribution in [1.29, 1.82) is 0 Å². The first-order valence-corrected chi connectivity index (χ1v) is 10.4. The van der Waals surface area contributed by atoms with Gasteiger partial charge in [-0.2, -0.15) is 0 Å². The minimum atomic E-state index is -0.895. The summed E-state index contributed by atoms with van der Waals surface area (Å²) in [6.45, 7) is 7.62. The molecule has 0 radical (unpaired) electrons. The fourth-order valence-corrected chi connectivity index (χ4v) is 2.79. The molecule has 0 unspecified atom stereocenters. The number of alkyl carbamates (subject to hydrolysis) is 1. The average Bonchev–Trinajstić information content (AvgIpc) is 2.63. The number of amides is 2. The Labute approximate surface area is 185 Å². The van der Waals surface area contributed by atoms with Crippen molar-refractivity contribution in [2.75, 3.05) is 11.9 Å². The van der Waals surface area contributed by atoms with Gasteiger partial charge >= 0.3 is 6.09 Å². The number of nitrogens with one attached hydrogen (secondary N) is 2. The zero-order valence-electron chi connectivity index (χ0n) is 17.1. The molecule has 2 aromatic carbocycles. The van der Waals surface area contributed by atoms with Gasteiger partial charge in [0.15, 0.2) is 0 Å². The van der Waals surface area contributed by atoms with E-state index in [1.807, 2.05) is 55.5 Å². The molecule has 156 valence electrons. The molecular weight excluding hydrogens is 483 g/mol. The van der Waals surface area contributed by atoms with Gasteiger partial charge in [-0.3, -0.25) is 4.79 Å². The molecule has 0 fully saturated rings. The molecule has 0 saturated carbocycles. The van der Waals surface area contributed by atoms with Crippen molar-refractivity contribution in [3.05, 3.63) is 63.2 Å². The van der Waals surface area contributed by atoms with Crippen LogP contribution in [0.25, 0.3) is 0 Å². The molecule has 2 amide bonds. The summed E-state index contributed by atoms with van der Waals surface area (Å²) in [6, 6.07) is 14.4. The number of ether oxygens (including phenoxy) is 2. The lowest BCUT2D eigenvalue weighted by Gasteiger charge is -2.23. The van der Waals surface area contributed by atoms with Gasteiger partial charge in [0.25, 0.3) is 0 Å². The number of hydrogen-bond donors (Lipinski definition) is 2. The zero-order valence-corrected chi connectivity index (χ0v) is 19.3. The van der Waals surface area contributed by atoms with Gasteiger partial charge in [-0.05, 0) is 79.6 Å². The maximum atomic E-state index is 12.8. The molecular formula is C22H27IN2O4. The van der Waals surface area contributed by atoms with Gasteiger partial charge in [-0.15, -0.1) is 0 Å². The quantitative estimate of drug-likeness (QED) is 0.532. The number of anilines is 1. The molecule has 2 N–H and O–H groups in total. The van der Waals surface area contributed by atoms with Crippen LogP contribution in [0.4, 0.5) is 10.5 Å². The van der Waals surface area contributed by atoms with Gasteiger partial charge in [0.05, 0.1) is 13.2 Å². The van der Waals surface area contributed by atoms with E-state index in [1.54, 1.807) is 20.8 Å². The Morgan fingerprint density at radius 2 is 1.79 bits per heavy atom. The van der Waals surface area contributed by atoms with Gasteiger partial charge < -0.3 is 20.1 Å². The summed E-state index contributed by atoms with van der Waals surface area (Å²) in [5, 5.41) is 5.44. The Balaban J connectivity index is 2.03. The second-order valence-corrected chi connectivity index (χ2v) is 8.81. The third-order valence-corrected chi connectivity index (χ3v) is 5.04. The lowest BCUT2D eigenvalue weighted by atomic mass is 10.2. The Bertz CT molecular complexity index is 834. The maximum Gasteiger partial charge on any atom is 0.408 e. The van der Waals surface area contributed by atoms with Crippen LogP contribution in [0.3, 0.4) is 0 Å². The van der Waals surface area contributed by atoms with Crippen molar-refractivity contribution >= 4 is 40.3 Å². The van der Waals surface area contributed by atoms with Gasteiger partial charge in [-0.1, -0.05) is 30.3 Å². The van der Waals surface area contributed by atoms with Crippen molar-refractivity contribution in [1.82, 2.24) is 5.32 Å². The number of aryl methyl sites for hydroxylation is 1. The van der Waals surface area contributed by atoms with Crippen molar-refractivity contribution in [3.63, 3.8) is 0 Å². The van der Waals surface area contributed by atoms with E-state index >= 15 is 0 Å². The highest BCUT2D eigenvalue weighted by Gasteiger charge is 2.25. The van der Waals surface area contributed by atoms with Crippen molar-refractivity contribution in [2.45, 2.75) is 45.9 Å². The van der Waals surface area contributed by atoms with Crippen LogP contribution in [0.1, 0.15) is 31.9 Å². The van der Waals surface area contributed by atoms with Crippen molar-refractivity contribution < 1.29 is 19.1 Å². The van der Waals surface area contributed by atoms with E-state index in [9.17, 15) is 9.59 Å². The van der Waals surface area contributed by atoms with E-state index in [-0.39, 0.29) is 12.5 Å². The number of rotatable bonds is 7. The highest BCUT2D eigenvalue weighted by Crippen LogP contribution is 2.17. The van der Waals surface area contributed by atoms with Crippen LogP contribution in [0, 0.1) is 10.5 Å². The van der Waals surface area contributed by atoms with E-state index in [0.717, 1.165) is 14.7 Å². The van der Waals surface area contributed by atoms with Crippen molar-refractivity contribution in [2.24, 2.45) is 0 Å². The SMILES string of the molecule is Cc1cc(NC(=O)[C@H](COCc2ccccc2)NC(=O)OC(C)(C)C)ccc1I. The molecule has 0 aromatic heterocycles. The number of benzene rings is 2. The predicted molar refractivity (Wildman–Crippen MR) is 122 cm³/mol. The average molecular weight is 510 g/mol. The van der Waals surface area contributed by atoms with Gasteiger partial charge in [0, 0.05) is 9.26 Å². The third kappa shape index (κ3) is 8.41. The topological polar surface area (TPSA) is 76.7 Å². The summed E-state index contributed by atoms with van der Waals surface area (Å²) in [5.74, 6) is -0.371. The van der Waals surface area contributed by atoms with Crippen LogP contribution in [0.5, 0.6) is 0 Å². The molecule has 0 heterocycles. The Morgan fingerprint density at radius 3 is 2.41 bits per heavy atom. The molecule has 0 aliphatic carbocycles.